The Bertz CT molecular complexity index is 487. The van der Waals surface area contributed by atoms with Gasteiger partial charge in [-0.3, -0.25) is 0 Å². The van der Waals surface area contributed by atoms with E-state index in [1.807, 2.05) is 0 Å². The molecular weight excluding hydrogens is 352 g/mol. The predicted octanol–water partition coefficient (Wildman–Crippen LogP) is 6.27. The summed E-state index contributed by atoms with van der Waals surface area (Å²) in [6.45, 7) is 2.34. The van der Waals surface area contributed by atoms with Crippen molar-refractivity contribution in [1.82, 2.24) is 0 Å². The van der Waals surface area contributed by atoms with E-state index < -0.39 is 19.3 Å². The normalized spacial score (nSPS) is 30.0. The lowest BCUT2D eigenvalue weighted by Gasteiger charge is -2.37. The predicted molar refractivity (Wildman–Crippen MR) is 116 cm³/mol. The summed E-state index contributed by atoms with van der Waals surface area (Å²) in [5, 5.41) is 0. The number of rotatable bonds is 7. The molecule has 1 aromatic rings. The molecule has 1 aliphatic carbocycles. The van der Waals surface area contributed by atoms with Gasteiger partial charge in [0.25, 0.3) is 0 Å². The van der Waals surface area contributed by atoms with Gasteiger partial charge in [-0.1, -0.05) is 81.4 Å². The molecule has 0 N–H and O–H groups in total. The van der Waals surface area contributed by atoms with Crippen LogP contribution in [0.15, 0.2) is 24.3 Å². The molecule has 1 aliphatic heterocycles. The minimum absolute atomic E-state index is 0.328. The molecule has 2 fully saturated rings. The number of halogens is 1. The molecule has 3 heteroatoms. The van der Waals surface area contributed by atoms with E-state index in [1.165, 1.54) is 48.6 Å². The molecule has 2 aliphatic rings. The molecule has 1 saturated carbocycles. The van der Waals surface area contributed by atoms with Crippen molar-refractivity contribution in [2.24, 2.45) is 11.8 Å². The third kappa shape index (κ3) is 5.99. The molecule has 1 heterocycles. The van der Waals surface area contributed by atoms with Crippen LogP contribution in [0.3, 0.4) is 0 Å². The molecule has 0 radical (unpaired) electrons. The molecule has 136 valence electrons. The molecule has 0 spiro atoms. The summed E-state index contributed by atoms with van der Waals surface area (Å²) in [6, 6.07) is 14.3. The Morgan fingerprint density at radius 2 is 1.56 bits per heavy atom. The fourth-order valence-electron chi connectivity index (χ4n) is 5.43. The zero-order valence-electron chi connectivity index (χ0n) is 16.2. The van der Waals surface area contributed by atoms with E-state index in [1.54, 1.807) is 36.5 Å². The Hall–Kier alpha value is 0.493. The summed E-state index contributed by atoms with van der Waals surface area (Å²) < 4.78 is 1.39. The molecule has 0 bridgehead atoms. The van der Waals surface area contributed by atoms with Gasteiger partial charge in [0.05, 0.1) is 0 Å². The standard InChI is InChI=1S/C22H35Si.ClH.Mg/c1-2-3-7-16-23-17-14-22(15-18-23)21-12-10-20(11-13-21)19-8-5-4-6-9-19;;/h5-6,8-9,20-23H,2-3,7,10-18H2,1H3;1H;/q;;+1/p-1/t20?,21?,22-,23-;;. The maximum atomic E-state index is 6.06. The van der Waals surface area contributed by atoms with Crippen LogP contribution in [0, 0.1) is 11.8 Å². The van der Waals surface area contributed by atoms with Crippen molar-refractivity contribution in [3.8, 4) is 0 Å². The molecule has 25 heavy (non-hydrogen) atoms. The van der Waals surface area contributed by atoms with E-state index in [4.69, 9.17) is 9.07 Å². The zero-order chi connectivity index (χ0) is 17.5. The van der Waals surface area contributed by atoms with Crippen molar-refractivity contribution in [2.45, 2.75) is 88.8 Å². The van der Waals surface area contributed by atoms with Gasteiger partial charge in [-0.2, -0.15) is 0 Å². The number of hydrogen-bond donors (Lipinski definition) is 0. The first-order chi connectivity index (χ1) is 12.3. The van der Waals surface area contributed by atoms with Gasteiger partial charge in [0.2, 0.25) is 0 Å². The molecule has 0 aromatic heterocycles. The van der Waals surface area contributed by atoms with E-state index in [0.717, 1.165) is 17.8 Å². The highest BCUT2D eigenvalue weighted by Gasteiger charge is 2.31. The summed E-state index contributed by atoms with van der Waals surface area (Å²) >= 11 is -0.511. The summed E-state index contributed by atoms with van der Waals surface area (Å²) in [5.41, 5.74) is 1.58. The van der Waals surface area contributed by atoms with Crippen LogP contribution >= 0.6 is 9.07 Å². The van der Waals surface area contributed by atoms with Crippen molar-refractivity contribution in [2.75, 3.05) is 0 Å². The molecule has 0 nitrogen and oxygen atoms in total. The van der Waals surface area contributed by atoms with Gasteiger partial charge < -0.3 is 9.07 Å². The Labute approximate surface area is 170 Å². The second kappa shape index (κ2) is 10.7. The zero-order valence-corrected chi connectivity index (χ0v) is 19.5. The molecule has 0 amide bonds. The maximum absolute atomic E-state index is 6.06. The largest absolute Gasteiger partial charge is 0.538 e. The highest BCUT2D eigenvalue weighted by molar-refractivity contribution is 7.01. The number of benzene rings is 1. The van der Waals surface area contributed by atoms with Crippen molar-refractivity contribution < 1.29 is 0 Å². The third-order valence-electron chi connectivity index (χ3n) is 7.15. The smallest absolute Gasteiger partial charge is 0.336 e. The first-order valence-electron chi connectivity index (χ1n) is 10.9. The first-order valence-corrected chi connectivity index (χ1v) is 16.2. The fourth-order valence-corrected chi connectivity index (χ4v) is 9.91. The SMILES string of the molecule is CCCCC[Si@H]1CC[C@H](C2CCC(c3cc[c]([Mg][Cl])cc3)CC2)CC1. The van der Waals surface area contributed by atoms with E-state index in [-0.39, 0.29) is 8.80 Å². The molecule has 1 saturated heterocycles. The molecule has 0 atom stereocenters. The van der Waals surface area contributed by atoms with Gasteiger partial charge in [-0.25, -0.2) is 0 Å². The summed E-state index contributed by atoms with van der Waals surface area (Å²) in [4.78, 5) is 0. The van der Waals surface area contributed by atoms with Crippen LogP contribution in [0.2, 0.25) is 18.1 Å². The lowest BCUT2D eigenvalue weighted by atomic mass is 9.72. The second-order valence-electron chi connectivity index (χ2n) is 8.76. The molecular formula is C22H35ClMgSi. The van der Waals surface area contributed by atoms with Crippen molar-refractivity contribution in [1.29, 1.82) is 0 Å². The maximum Gasteiger partial charge on any atom is 0.538 e. The average Bonchev–Trinajstić information content (AvgIpc) is 2.69. The van der Waals surface area contributed by atoms with Gasteiger partial charge in [0, 0.05) is 8.80 Å². The average molecular weight is 387 g/mol. The van der Waals surface area contributed by atoms with Crippen LogP contribution in [0.4, 0.5) is 0 Å². The fraction of sp³-hybridized carbons (Fsp3) is 0.727. The van der Waals surface area contributed by atoms with Gasteiger partial charge in [0.15, 0.2) is 0 Å². The van der Waals surface area contributed by atoms with Gasteiger partial charge in [-0.05, 0) is 49.0 Å². The lowest BCUT2D eigenvalue weighted by molar-refractivity contribution is 0.216. The number of unbranched alkanes of at least 4 members (excludes halogenated alkanes) is 2. The minimum Gasteiger partial charge on any atom is -0.336 e. The van der Waals surface area contributed by atoms with E-state index in [0.29, 0.717) is 0 Å². The third-order valence-corrected chi connectivity index (χ3v) is 12.4. The Kier molecular flexibility index (Phi) is 8.68. The lowest BCUT2D eigenvalue weighted by Crippen LogP contribution is -2.28. The summed E-state index contributed by atoms with van der Waals surface area (Å²) in [6.07, 6.45) is 13.4. The first kappa shape index (κ1) is 20.2. The highest BCUT2D eigenvalue weighted by atomic mass is 35.5. The van der Waals surface area contributed by atoms with Crippen molar-refractivity contribution >= 4 is 40.8 Å². The van der Waals surface area contributed by atoms with E-state index in [9.17, 15) is 0 Å². The minimum atomic E-state index is -0.511. The topological polar surface area (TPSA) is 0 Å². The van der Waals surface area contributed by atoms with E-state index >= 15 is 0 Å². The number of hydrogen-bond acceptors (Lipinski definition) is 0. The van der Waals surface area contributed by atoms with Gasteiger partial charge in [0.1, 0.15) is 0 Å². The summed E-state index contributed by atoms with van der Waals surface area (Å²) in [5.74, 6) is 2.96. The molecule has 0 unspecified atom stereocenters. The Morgan fingerprint density at radius 1 is 0.920 bits per heavy atom. The van der Waals surface area contributed by atoms with Gasteiger partial charge >= 0.3 is 19.3 Å². The van der Waals surface area contributed by atoms with E-state index in [2.05, 4.69) is 31.2 Å². The molecule has 3 rings (SSSR count). The van der Waals surface area contributed by atoms with Crippen LogP contribution in [0.1, 0.15) is 76.2 Å². The van der Waals surface area contributed by atoms with Crippen LogP contribution in [-0.2, 0) is 0 Å². The van der Waals surface area contributed by atoms with Crippen LogP contribution in [0.25, 0.3) is 0 Å². The van der Waals surface area contributed by atoms with Crippen LogP contribution in [0.5, 0.6) is 0 Å². The van der Waals surface area contributed by atoms with Crippen LogP contribution < -0.4 is 3.69 Å². The Balaban J connectivity index is 1.40. The Morgan fingerprint density at radius 3 is 2.16 bits per heavy atom. The highest BCUT2D eigenvalue weighted by Crippen LogP contribution is 2.43. The monoisotopic (exact) mass is 386 g/mol. The van der Waals surface area contributed by atoms with Crippen molar-refractivity contribution in [3.63, 3.8) is 0 Å². The quantitative estimate of drug-likeness (QED) is 0.382. The van der Waals surface area contributed by atoms with Crippen molar-refractivity contribution in [3.05, 3.63) is 29.8 Å². The second-order valence-corrected chi connectivity index (χ2v) is 14.1. The summed E-state index contributed by atoms with van der Waals surface area (Å²) in [7, 11) is 5.73. The van der Waals surface area contributed by atoms with Crippen LogP contribution in [-0.4, -0.2) is 28.1 Å². The molecule has 1 aromatic carbocycles. The van der Waals surface area contributed by atoms with Gasteiger partial charge in [-0.15, -0.1) is 3.69 Å².